The maximum absolute atomic E-state index is 12.9. The van der Waals surface area contributed by atoms with Crippen LogP contribution in [-0.4, -0.2) is 58.4 Å². The van der Waals surface area contributed by atoms with Crippen LogP contribution in [0, 0.1) is 0 Å². The summed E-state index contributed by atoms with van der Waals surface area (Å²) in [6.45, 7) is 2.88. The van der Waals surface area contributed by atoms with Crippen molar-refractivity contribution < 1.29 is 9.53 Å². The van der Waals surface area contributed by atoms with E-state index in [0.29, 0.717) is 27.9 Å². The molecule has 0 saturated carbocycles. The number of carbonyl (C=O) groups is 1. The number of ether oxygens (including phenoxy) is 1. The van der Waals surface area contributed by atoms with Crippen molar-refractivity contribution in [2.75, 3.05) is 48.4 Å². The zero-order valence-corrected chi connectivity index (χ0v) is 19.9. The monoisotopic (exact) mass is 493 g/mol. The molecule has 11 heteroatoms. The molecule has 5 rings (SSSR count). The lowest BCUT2D eigenvalue weighted by atomic mass is 10.2. The molecule has 0 aliphatic carbocycles. The van der Waals surface area contributed by atoms with E-state index in [1.807, 2.05) is 18.2 Å². The zero-order valence-electron chi connectivity index (χ0n) is 19.1. The first-order valence-electron chi connectivity index (χ1n) is 11.2. The van der Waals surface area contributed by atoms with E-state index in [-0.39, 0.29) is 6.54 Å². The number of methoxy groups -OCH3 is 1. The van der Waals surface area contributed by atoms with Crippen LogP contribution in [0.25, 0.3) is 5.65 Å². The second-order valence-corrected chi connectivity index (χ2v) is 8.50. The second-order valence-electron chi connectivity index (χ2n) is 8.09. The summed E-state index contributed by atoms with van der Waals surface area (Å²) in [7, 11) is 1.52. The number of anilines is 3. The molecule has 3 heterocycles. The molecule has 0 unspecified atom stereocenters. The maximum Gasteiger partial charge on any atom is 0.350 e. The minimum atomic E-state index is -0.408. The van der Waals surface area contributed by atoms with Crippen LogP contribution in [0.1, 0.15) is 0 Å². The van der Waals surface area contributed by atoms with Crippen LogP contribution < -0.4 is 25.5 Å². The summed E-state index contributed by atoms with van der Waals surface area (Å²) < 4.78 is 7.68. The van der Waals surface area contributed by atoms with Gasteiger partial charge >= 0.3 is 5.69 Å². The lowest BCUT2D eigenvalue weighted by molar-refractivity contribution is -0.117. The zero-order chi connectivity index (χ0) is 24.4. The lowest BCUT2D eigenvalue weighted by Gasteiger charge is -2.36. The lowest BCUT2D eigenvalue weighted by Crippen LogP contribution is -2.47. The van der Waals surface area contributed by atoms with E-state index in [4.69, 9.17) is 16.3 Å². The van der Waals surface area contributed by atoms with Crippen molar-refractivity contribution >= 4 is 40.3 Å². The van der Waals surface area contributed by atoms with Crippen LogP contribution in [0.2, 0.25) is 5.02 Å². The van der Waals surface area contributed by atoms with Crippen molar-refractivity contribution in [2.24, 2.45) is 0 Å². The molecule has 1 saturated heterocycles. The topological polar surface area (TPSA) is 97.0 Å². The van der Waals surface area contributed by atoms with Gasteiger partial charge in [0, 0.05) is 49.9 Å². The Morgan fingerprint density at radius 3 is 2.54 bits per heavy atom. The van der Waals surface area contributed by atoms with Gasteiger partial charge in [0.2, 0.25) is 11.6 Å². The third kappa shape index (κ3) is 4.65. The number of nitrogens with zero attached hydrogens (tertiary/aromatic N) is 6. The Morgan fingerprint density at radius 1 is 1.09 bits per heavy atom. The first-order valence-corrected chi connectivity index (χ1v) is 11.5. The molecular weight excluding hydrogens is 470 g/mol. The van der Waals surface area contributed by atoms with Gasteiger partial charge in [-0.05, 0) is 30.3 Å². The third-order valence-corrected chi connectivity index (χ3v) is 6.21. The minimum absolute atomic E-state index is 0.245. The quantitative estimate of drug-likeness (QED) is 0.441. The van der Waals surface area contributed by atoms with Gasteiger partial charge in [0.15, 0.2) is 5.82 Å². The average molecular weight is 494 g/mol. The summed E-state index contributed by atoms with van der Waals surface area (Å²) in [4.78, 5) is 34.5. The minimum Gasteiger partial charge on any atom is -0.495 e. The van der Waals surface area contributed by atoms with Gasteiger partial charge in [-0.1, -0.05) is 29.8 Å². The number of carbonyl (C=O) groups excluding carboxylic acids is 1. The molecular formula is C24H24ClN7O3. The van der Waals surface area contributed by atoms with Gasteiger partial charge < -0.3 is 19.9 Å². The molecule has 1 aliphatic rings. The van der Waals surface area contributed by atoms with E-state index >= 15 is 0 Å². The van der Waals surface area contributed by atoms with E-state index in [1.165, 1.54) is 17.2 Å². The fourth-order valence-electron chi connectivity index (χ4n) is 4.16. The number of piperazine rings is 1. The molecule has 0 radical (unpaired) electrons. The number of fused-ring (bicyclic) bond motifs is 1. The number of amides is 1. The number of hydrogen-bond acceptors (Lipinski definition) is 7. The number of benzene rings is 2. The SMILES string of the molecule is COc1ccc(NC(=O)Cn2nc3c(N4CCN(c5ccccc5)CC4)nccn3c2=O)cc1Cl. The maximum atomic E-state index is 12.9. The molecule has 1 amide bonds. The summed E-state index contributed by atoms with van der Waals surface area (Å²) in [5.74, 6) is 0.729. The van der Waals surface area contributed by atoms with Crippen LogP contribution in [0.5, 0.6) is 5.75 Å². The van der Waals surface area contributed by atoms with Crippen molar-refractivity contribution in [2.45, 2.75) is 6.54 Å². The molecule has 1 aliphatic heterocycles. The molecule has 0 atom stereocenters. The molecule has 2 aromatic carbocycles. The fourth-order valence-corrected chi connectivity index (χ4v) is 4.42. The van der Waals surface area contributed by atoms with Crippen LogP contribution >= 0.6 is 11.6 Å². The van der Waals surface area contributed by atoms with Crippen LogP contribution in [0.15, 0.2) is 65.7 Å². The molecule has 180 valence electrons. The Morgan fingerprint density at radius 2 is 1.83 bits per heavy atom. The summed E-state index contributed by atoms with van der Waals surface area (Å²) in [5.41, 5.74) is 1.69. The Balaban J connectivity index is 1.32. The Bertz CT molecular complexity index is 1410. The smallest absolute Gasteiger partial charge is 0.350 e. The molecule has 0 spiro atoms. The molecule has 4 aromatic rings. The molecule has 1 fully saturated rings. The van der Waals surface area contributed by atoms with Crippen LogP contribution in [-0.2, 0) is 11.3 Å². The number of nitrogens with one attached hydrogen (secondary N) is 1. The number of rotatable bonds is 6. The molecule has 2 aromatic heterocycles. The highest BCUT2D eigenvalue weighted by molar-refractivity contribution is 6.32. The molecule has 10 nitrogen and oxygen atoms in total. The van der Waals surface area contributed by atoms with Gasteiger partial charge in [-0.2, -0.15) is 0 Å². The van der Waals surface area contributed by atoms with E-state index < -0.39 is 11.6 Å². The normalized spacial score (nSPS) is 13.8. The summed E-state index contributed by atoms with van der Waals surface area (Å²) in [6, 6.07) is 15.2. The fraction of sp³-hybridized carbons (Fsp3) is 0.250. The van der Waals surface area contributed by atoms with Gasteiger partial charge in [-0.3, -0.25) is 4.79 Å². The highest BCUT2D eigenvalue weighted by Gasteiger charge is 2.22. The van der Waals surface area contributed by atoms with Crippen molar-refractivity contribution in [1.29, 1.82) is 0 Å². The van der Waals surface area contributed by atoms with Gasteiger partial charge in [-0.15, -0.1) is 5.10 Å². The highest BCUT2D eigenvalue weighted by Crippen LogP contribution is 2.27. The third-order valence-electron chi connectivity index (χ3n) is 5.91. The molecule has 0 bridgehead atoms. The van der Waals surface area contributed by atoms with Gasteiger partial charge in [0.1, 0.15) is 12.3 Å². The van der Waals surface area contributed by atoms with E-state index in [9.17, 15) is 9.59 Å². The molecule has 35 heavy (non-hydrogen) atoms. The van der Waals surface area contributed by atoms with E-state index in [0.717, 1.165) is 30.9 Å². The van der Waals surface area contributed by atoms with E-state index in [1.54, 1.807) is 30.6 Å². The highest BCUT2D eigenvalue weighted by atomic mass is 35.5. The number of hydrogen-bond donors (Lipinski definition) is 1. The Kier molecular flexibility index (Phi) is 6.28. The number of halogens is 1. The Hall–Kier alpha value is -4.05. The number of para-hydroxylation sites is 1. The van der Waals surface area contributed by atoms with E-state index in [2.05, 4.69) is 37.3 Å². The molecule has 1 N–H and O–H groups in total. The van der Waals surface area contributed by atoms with Gasteiger partial charge in [-0.25, -0.2) is 18.9 Å². The average Bonchev–Trinajstić information content (AvgIpc) is 3.20. The predicted octanol–water partition coefficient (Wildman–Crippen LogP) is 2.52. The second kappa shape index (κ2) is 9.67. The van der Waals surface area contributed by atoms with Crippen molar-refractivity contribution in [3.05, 3.63) is 76.4 Å². The van der Waals surface area contributed by atoms with Gasteiger partial charge in [0.05, 0.1) is 12.1 Å². The van der Waals surface area contributed by atoms with Gasteiger partial charge in [0.25, 0.3) is 0 Å². The largest absolute Gasteiger partial charge is 0.495 e. The van der Waals surface area contributed by atoms with Crippen molar-refractivity contribution in [3.8, 4) is 5.75 Å². The predicted molar refractivity (Wildman–Crippen MR) is 135 cm³/mol. The van der Waals surface area contributed by atoms with Crippen LogP contribution in [0.3, 0.4) is 0 Å². The first kappa shape index (κ1) is 22.7. The van der Waals surface area contributed by atoms with Crippen molar-refractivity contribution in [3.63, 3.8) is 0 Å². The summed E-state index contributed by atoms with van der Waals surface area (Å²) in [5, 5.41) is 7.54. The van der Waals surface area contributed by atoms with Crippen molar-refractivity contribution in [1.82, 2.24) is 19.2 Å². The first-order chi connectivity index (χ1) is 17.0. The number of aromatic nitrogens is 4. The summed E-state index contributed by atoms with van der Waals surface area (Å²) in [6.07, 6.45) is 3.14. The Labute approximate surface area is 206 Å². The summed E-state index contributed by atoms with van der Waals surface area (Å²) >= 11 is 6.13. The standard InChI is InChI=1S/C24H24ClN7O3/c1-35-20-8-7-17(15-19(20)25)27-21(33)16-32-24(34)31-10-9-26-22(23(31)28-32)30-13-11-29(12-14-30)18-5-3-2-4-6-18/h2-10,15H,11-14,16H2,1H3,(H,27,33). The van der Waals surface area contributed by atoms with Crippen LogP contribution in [0.4, 0.5) is 17.2 Å².